The van der Waals surface area contributed by atoms with E-state index in [0.29, 0.717) is 11.8 Å². The Morgan fingerprint density at radius 2 is 2.07 bits per heavy atom. The van der Waals surface area contributed by atoms with Gasteiger partial charge in [0.1, 0.15) is 0 Å². The van der Waals surface area contributed by atoms with Crippen molar-refractivity contribution < 1.29 is 19.1 Å². The summed E-state index contributed by atoms with van der Waals surface area (Å²) in [5.41, 5.74) is 1.13. The number of benzene rings is 1. The first kappa shape index (κ1) is 19.2. The molecule has 4 rings (SSSR count). The molecule has 2 saturated heterocycles. The first-order valence-electron chi connectivity index (χ1n) is 10.4. The molecule has 1 saturated carbocycles. The smallest absolute Gasteiger partial charge is 0.321 e. The van der Waals surface area contributed by atoms with Gasteiger partial charge in [0.15, 0.2) is 0 Å². The predicted molar refractivity (Wildman–Crippen MR) is 106 cm³/mol. The summed E-state index contributed by atoms with van der Waals surface area (Å²) < 4.78 is 10.6. The summed E-state index contributed by atoms with van der Waals surface area (Å²) >= 11 is 0. The first-order chi connectivity index (χ1) is 13.6. The van der Waals surface area contributed by atoms with E-state index in [4.69, 9.17) is 9.47 Å². The number of hydrogen-bond donors (Lipinski definition) is 1. The Morgan fingerprint density at radius 3 is 2.75 bits per heavy atom. The maximum Gasteiger partial charge on any atom is 0.321 e. The van der Waals surface area contributed by atoms with Crippen LogP contribution in [0.4, 0.5) is 10.5 Å². The van der Waals surface area contributed by atoms with Crippen LogP contribution in [0.5, 0.6) is 0 Å². The van der Waals surface area contributed by atoms with Crippen LogP contribution >= 0.6 is 0 Å². The molecule has 2 aliphatic heterocycles. The highest BCUT2D eigenvalue weighted by Crippen LogP contribution is 2.45. The molecule has 0 aromatic heterocycles. The molecular weight excluding hydrogens is 356 g/mol. The van der Waals surface area contributed by atoms with Crippen molar-refractivity contribution in [3.8, 4) is 0 Å². The molecule has 3 aliphatic rings. The van der Waals surface area contributed by atoms with E-state index < -0.39 is 5.41 Å². The number of urea groups is 1. The van der Waals surface area contributed by atoms with E-state index in [1.54, 1.807) is 0 Å². The number of esters is 1. The Kier molecular flexibility index (Phi) is 5.58. The number of carbonyl (C=O) groups excluding carboxylic acids is 2. The molecule has 0 spiro atoms. The van der Waals surface area contributed by atoms with Crippen molar-refractivity contribution in [2.75, 3.05) is 38.7 Å². The highest BCUT2D eigenvalue weighted by molar-refractivity contribution is 5.90. The van der Waals surface area contributed by atoms with Crippen molar-refractivity contribution in [1.29, 1.82) is 0 Å². The van der Waals surface area contributed by atoms with Crippen LogP contribution in [0.3, 0.4) is 0 Å². The highest BCUT2D eigenvalue weighted by atomic mass is 16.5. The molecule has 2 unspecified atom stereocenters. The maximum absolute atomic E-state index is 12.9. The van der Waals surface area contributed by atoms with Crippen LogP contribution in [0.25, 0.3) is 0 Å². The fourth-order valence-corrected chi connectivity index (χ4v) is 4.94. The number of likely N-dealkylation sites (tertiary alicyclic amines) is 1. The third kappa shape index (κ3) is 3.62. The number of nitrogens with zero attached hydrogens (tertiary/aromatic N) is 1. The lowest BCUT2D eigenvalue weighted by atomic mass is 9.64. The monoisotopic (exact) mass is 386 g/mol. The topological polar surface area (TPSA) is 67.9 Å². The number of methoxy groups -OCH3 is 1. The molecule has 1 N–H and O–H groups in total. The predicted octanol–water partition coefficient (Wildman–Crippen LogP) is 3.56. The van der Waals surface area contributed by atoms with Crippen molar-refractivity contribution >= 4 is 17.7 Å². The standard InChI is InChI=1S/C22H30N2O4/c1-27-20(25)22(9-4-10-22)18-6-2-7-19(13-18)23-21(26)24-11-3-5-16(14-24)17-8-12-28-15-17/h2,6-7,13,16-17H,3-5,8-12,14-15H2,1H3,(H,23,26). The van der Waals surface area contributed by atoms with Gasteiger partial charge in [-0.15, -0.1) is 0 Å². The largest absolute Gasteiger partial charge is 0.468 e. The second-order valence-electron chi connectivity index (χ2n) is 8.41. The summed E-state index contributed by atoms with van der Waals surface area (Å²) in [5, 5.41) is 3.04. The number of ether oxygens (including phenoxy) is 2. The zero-order valence-electron chi connectivity index (χ0n) is 16.6. The maximum atomic E-state index is 12.9. The van der Waals surface area contributed by atoms with Crippen molar-refractivity contribution in [2.24, 2.45) is 11.8 Å². The van der Waals surface area contributed by atoms with Gasteiger partial charge in [-0.25, -0.2) is 4.79 Å². The fraction of sp³-hybridized carbons (Fsp3) is 0.636. The van der Waals surface area contributed by atoms with Crippen LogP contribution in [0, 0.1) is 11.8 Å². The summed E-state index contributed by atoms with van der Waals surface area (Å²) in [6.07, 6.45) is 5.95. The van der Waals surface area contributed by atoms with Gasteiger partial charge >= 0.3 is 12.0 Å². The van der Waals surface area contributed by atoms with Crippen LogP contribution in [-0.2, 0) is 19.7 Å². The van der Waals surface area contributed by atoms with Crippen molar-refractivity contribution in [2.45, 2.75) is 43.9 Å². The summed E-state index contributed by atoms with van der Waals surface area (Å²) in [5.74, 6) is 0.934. The minimum Gasteiger partial charge on any atom is -0.468 e. The van der Waals surface area contributed by atoms with Gasteiger partial charge in [-0.2, -0.15) is 0 Å². The molecule has 3 fully saturated rings. The lowest BCUT2D eigenvalue weighted by Crippen LogP contribution is -2.44. The summed E-state index contributed by atoms with van der Waals surface area (Å²) in [4.78, 5) is 27.1. The highest BCUT2D eigenvalue weighted by Gasteiger charge is 2.46. The van der Waals surface area contributed by atoms with Crippen molar-refractivity contribution in [1.82, 2.24) is 4.90 Å². The molecular formula is C22H30N2O4. The minimum absolute atomic E-state index is 0.0542. The van der Waals surface area contributed by atoms with E-state index in [1.807, 2.05) is 29.2 Å². The molecule has 28 heavy (non-hydrogen) atoms. The average molecular weight is 386 g/mol. The summed E-state index contributed by atoms with van der Waals surface area (Å²) in [6, 6.07) is 7.63. The Bertz CT molecular complexity index is 725. The normalized spacial score (nSPS) is 26.4. The number of amides is 2. The molecule has 6 heteroatoms. The third-order valence-electron chi connectivity index (χ3n) is 6.83. The van der Waals surface area contributed by atoms with Gasteiger partial charge in [0.2, 0.25) is 0 Å². The van der Waals surface area contributed by atoms with Crippen LogP contribution in [0.2, 0.25) is 0 Å². The second-order valence-corrected chi connectivity index (χ2v) is 8.41. The van der Waals surface area contributed by atoms with E-state index in [-0.39, 0.29) is 12.0 Å². The average Bonchev–Trinajstić information content (AvgIpc) is 3.22. The SMILES string of the molecule is COC(=O)C1(c2cccc(NC(=O)N3CCCC(C4CCOC4)C3)c2)CCC1. The van der Waals surface area contributed by atoms with Gasteiger partial charge < -0.3 is 19.7 Å². The lowest BCUT2D eigenvalue weighted by Gasteiger charge is -2.39. The summed E-state index contributed by atoms with van der Waals surface area (Å²) in [7, 11) is 1.44. The van der Waals surface area contributed by atoms with Crippen molar-refractivity contribution in [3.63, 3.8) is 0 Å². The molecule has 0 bridgehead atoms. The van der Waals surface area contributed by atoms with E-state index in [9.17, 15) is 9.59 Å². The Morgan fingerprint density at radius 1 is 1.21 bits per heavy atom. The number of nitrogens with one attached hydrogen (secondary N) is 1. The molecule has 152 valence electrons. The van der Waals surface area contributed by atoms with Crippen LogP contribution < -0.4 is 5.32 Å². The molecule has 0 radical (unpaired) electrons. The molecule has 2 atom stereocenters. The van der Waals surface area contributed by atoms with E-state index in [2.05, 4.69) is 5.32 Å². The Balaban J connectivity index is 1.42. The van der Waals surface area contributed by atoms with Gasteiger partial charge in [0.25, 0.3) is 0 Å². The Hall–Kier alpha value is -2.08. The molecule has 2 heterocycles. The van der Waals surface area contributed by atoms with Gasteiger partial charge in [0.05, 0.1) is 12.5 Å². The van der Waals surface area contributed by atoms with E-state index in [1.165, 1.54) is 13.5 Å². The number of carbonyl (C=O) groups is 2. The summed E-state index contributed by atoms with van der Waals surface area (Å²) in [6.45, 7) is 3.27. The third-order valence-corrected chi connectivity index (χ3v) is 6.83. The zero-order valence-corrected chi connectivity index (χ0v) is 16.6. The van der Waals surface area contributed by atoms with Gasteiger partial charge in [-0.05, 0) is 61.6 Å². The van der Waals surface area contributed by atoms with Gasteiger partial charge in [0, 0.05) is 32.0 Å². The van der Waals surface area contributed by atoms with Crippen LogP contribution in [0.1, 0.15) is 44.1 Å². The number of rotatable bonds is 4. The van der Waals surface area contributed by atoms with Gasteiger partial charge in [-0.1, -0.05) is 18.6 Å². The molecule has 1 aromatic carbocycles. The minimum atomic E-state index is -0.547. The first-order valence-corrected chi connectivity index (χ1v) is 10.4. The number of anilines is 1. The lowest BCUT2D eigenvalue weighted by molar-refractivity contribution is -0.151. The quantitative estimate of drug-likeness (QED) is 0.804. The number of hydrogen-bond acceptors (Lipinski definition) is 4. The van der Waals surface area contributed by atoms with Crippen LogP contribution in [0.15, 0.2) is 24.3 Å². The molecule has 6 nitrogen and oxygen atoms in total. The van der Waals surface area contributed by atoms with E-state index in [0.717, 1.165) is 69.7 Å². The Labute approximate surface area is 166 Å². The molecule has 1 aliphatic carbocycles. The molecule has 1 aromatic rings. The van der Waals surface area contributed by atoms with Crippen molar-refractivity contribution in [3.05, 3.63) is 29.8 Å². The van der Waals surface area contributed by atoms with Gasteiger partial charge in [-0.3, -0.25) is 4.79 Å². The molecule has 2 amide bonds. The van der Waals surface area contributed by atoms with Crippen LogP contribution in [-0.4, -0.2) is 50.3 Å². The number of piperidine rings is 1. The van der Waals surface area contributed by atoms with E-state index >= 15 is 0 Å². The second kappa shape index (κ2) is 8.11. The fourth-order valence-electron chi connectivity index (χ4n) is 4.94. The zero-order chi connectivity index (χ0) is 19.6.